The van der Waals surface area contributed by atoms with Crippen LogP contribution in [0.1, 0.15) is 23.1 Å². The average molecular weight is 652 g/mol. The Kier molecular flexibility index (Phi) is 11.6. The van der Waals surface area contributed by atoms with Gasteiger partial charge in [-0.1, -0.05) is 122 Å². The zero-order chi connectivity index (χ0) is 33.1. The van der Waals surface area contributed by atoms with Crippen molar-refractivity contribution < 1.29 is 23.9 Å². The number of carbonyl (C=O) groups is 3. The average Bonchev–Trinajstić information content (AvgIpc) is 3.54. The highest BCUT2D eigenvalue weighted by molar-refractivity contribution is 8.01. The molecule has 3 aromatic rings. The third-order valence-electron chi connectivity index (χ3n) is 8.38. The summed E-state index contributed by atoms with van der Waals surface area (Å²) in [5.74, 6) is -0.160. The lowest BCUT2D eigenvalue weighted by Gasteiger charge is -2.37. The minimum Gasteiger partial charge on any atom is -0.445 e. The van der Waals surface area contributed by atoms with Crippen LogP contribution in [0.3, 0.4) is 0 Å². The molecule has 0 N–H and O–H groups in total. The van der Waals surface area contributed by atoms with Crippen molar-refractivity contribution >= 4 is 29.9 Å². The van der Waals surface area contributed by atoms with Crippen LogP contribution in [-0.2, 0) is 19.0 Å². The number of benzene rings is 3. The molecule has 3 amide bonds. The summed E-state index contributed by atoms with van der Waals surface area (Å²) in [5.41, 5.74) is 3.43. The van der Waals surface area contributed by atoms with Crippen molar-refractivity contribution in [2.24, 2.45) is 0 Å². The molecule has 2 heterocycles. The summed E-state index contributed by atoms with van der Waals surface area (Å²) in [5, 5.41) is 0.0155. The fourth-order valence-electron chi connectivity index (χ4n) is 6.12. The Morgan fingerprint density at radius 1 is 0.723 bits per heavy atom. The molecule has 0 bridgehead atoms. The lowest BCUT2D eigenvalue weighted by Crippen LogP contribution is -2.50. The van der Waals surface area contributed by atoms with Crippen LogP contribution >= 0.6 is 11.8 Å². The number of rotatable bonds is 11. The summed E-state index contributed by atoms with van der Waals surface area (Å²) in [6.45, 7) is 9.52. The van der Waals surface area contributed by atoms with Crippen LogP contribution < -0.4 is 0 Å². The molecule has 2 fully saturated rings. The molecule has 8 nitrogen and oxygen atoms in total. The van der Waals surface area contributed by atoms with Gasteiger partial charge in [0.1, 0.15) is 13.2 Å². The molecule has 244 valence electrons. The second kappa shape index (κ2) is 16.2. The lowest BCUT2D eigenvalue weighted by molar-refractivity contribution is -0.127. The molecule has 5 rings (SSSR count). The fourth-order valence-corrected chi connectivity index (χ4v) is 7.96. The second-order valence-corrected chi connectivity index (χ2v) is 12.9. The van der Waals surface area contributed by atoms with Crippen LogP contribution in [0.2, 0.25) is 0 Å². The van der Waals surface area contributed by atoms with E-state index >= 15 is 0 Å². The molecule has 0 radical (unpaired) electrons. The summed E-state index contributed by atoms with van der Waals surface area (Å²) >= 11 is 1.82. The Labute approximate surface area is 281 Å². The lowest BCUT2D eigenvalue weighted by atomic mass is 9.84. The van der Waals surface area contributed by atoms with Crippen molar-refractivity contribution in [2.45, 2.75) is 22.5 Å². The number of nitrogens with zero attached hydrogens (tertiary/aromatic N) is 3. The first-order valence-corrected chi connectivity index (χ1v) is 16.7. The smallest absolute Gasteiger partial charge is 0.410 e. The Morgan fingerprint density at radius 2 is 1.19 bits per heavy atom. The normalized spacial score (nSPS) is 18.2. The molecule has 2 atom stereocenters. The molecule has 3 aromatic carbocycles. The molecule has 2 aliphatic heterocycles. The Hall–Kier alpha value is -4.76. The molecule has 47 heavy (non-hydrogen) atoms. The summed E-state index contributed by atoms with van der Waals surface area (Å²) in [6, 6.07) is 31.0. The van der Waals surface area contributed by atoms with Gasteiger partial charge in [0.25, 0.3) is 0 Å². The molecular weight excluding hydrogens is 611 g/mol. The van der Waals surface area contributed by atoms with E-state index in [0.717, 1.165) is 16.7 Å². The van der Waals surface area contributed by atoms with Gasteiger partial charge in [-0.25, -0.2) is 9.59 Å². The quantitative estimate of drug-likeness (QED) is 0.134. The molecule has 0 spiro atoms. The predicted molar refractivity (Wildman–Crippen MR) is 186 cm³/mol. The van der Waals surface area contributed by atoms with Crippen molar-refractivity contribution in [1.82, 2.24) is 14.7 Å². The van der Waals surface area contributed by atoms with E-state index in [-0.39, 0.29) is 30.4 Å². The van der Waals surface area contributed by atoms with Crippen molar-refractivity contribution in [3.63, 3.8) is 0 Å². The minimum atomic E-state index is -0.550. The molecule has 0 aromatic heterocycles. The van der Waals surface area contributed by atoms with Crippen LogP contribution in [0.15, 0.2) is 128 Å². The number of hydrogen-bond acceptors (Lipinski definition) is 6. The summed E-state index contributed by atoms with van der Waals surface area (Å²) in [7, 11) is 0. The van der Waals surface area contributed by atoms with Gasteiger partial charge in [0.2, 0.25) is 5.91 Å². The zero-order valence-corrected chi connectivity index (χ0v) is 27.3. The Balaban J connectivity index is 1.39. The molecule has 2 saturated heterocycles. The number of hydrogen-bond donors (Lipinski definition) is 0. The summed E-state index contributed by atoms with van der Waals surface area (Å²) in [6.07, 6.45) is 6.23. The molecule has 0 saturated carbocycles. The third kappa shape index (κ3) is 7.97. The second-order valence-electron chi connectivity index (χ2n) is 11.4. The van der Waals surface area contributed by atoms with Crippen LogP contribution in [0.25, 0.3) is 0 Å². The van der Waals surface area contributed by atoms with Crippen LogP contribution in [-0.4, -0.2) is 90.0 Å². The molecule has 0 aliphatic carbocycles. The first-order chi connectivity index (χ1) is 23.0. The van der Waals surface area contributed by atoms with E-state index in [1.807, 2.05) is 36.0 Å². The number of amides is 3. The van der Waals surface area contributed by atoms with Gasteiger partial charge in [-0.05, 0) is 23.1 Å². The summed E-state index contributed by atoms with van der Waals surface area (Å²) < 4.78 is 10.1. The highest BCUT2D eigenvalue weighted by Gasteiger charge is 2.44. The summed E-state index contributed by atoms with van der Waals surface area (Å²) in [4.78, 5) is 43.8. The minimum absolute atomic E-state index is 0.0155. The van der Waals surface area contributed by atoms with Crippen LogP contribution in [0.4, 0.5) is 9.59 Å². The van der Waals surface area contributed by atoms with E-state index in [1.165, 1.54) is 6.08 Å². The molecule has 9 heteroatoms. The van der Waals surface area contributed by atoms with E-state index in [9.17, 15) is 14.4 Å². The van der Waals surface area contributed by atoms with Gasteiger partial charge in [0, 0.05) is 44.0 Å². The largest absolute Gasteiger partial charge is 0.445 e. The van der Waals surface area contributed by atoms with Gasteiger partial charge < -0.3 is 24.2 Å². The maximum absolute atomic E-state index is 13.3. The maximum Gasteiger partial charge on any atom is 0.410 e. The highest BCUT2D eigenvalue weighted by Crippen LogP contribution is 2.52. The van der Waals surface area contributed by atoms with E-state index in [1.54, 1.807) is 26.9 Å². The number of carbonyl (C=O) groups excluding carboxylic acids is 3. The van der Waals surface area contributed by atoms with E-state index in [0.29, 0.717) is 39.1 Å². The maximum atomic E-state index is 13.3. The van der Waals surface area contributed by atoms with Crippen molar-refractivity contribution in [2.75, 3.05) is 45.9 Å². The first-order valence-electron chi connectivity index (χ1n) is 15.8. The number of piperazine rings is 1. The Morgan fingerprint density at radius 3 is 1.68 bits per heavy atom. The highest BCUT2D eigenvalue weighted by atomic mass is 32.2. The van der Waals surface area contributed by atoms with Gasteiger partial charge in [-0.3, -0.25) is 4.79 Å². The first kappa shape index (κ1) is 33.6. The standard InChI is InChI=1S/C38H41N3O5S/c1-3-26-45-36(43)40-24-22-39(23-25-40)35(42)21-20-33-28-34(29-41(33)37(44)46-27-4-2)47-38(30-14-8-5-9-15-30,31-16-10-6-11-17-31)32-18-12-7-13-19-32/h3-21,33-34H,1-2,22-29H2/b21-20+/t33-,34+/m1/s1. The van der Waals surface area contributed by atoms with Crippen molar-refractivity contribution in [3.05, 3.63) is 145 Å². The fraction of sp³-hybridized carbons (Fsp3) is 0.289. The van der Waals surface area contributed by atoms with Gasteiger partial charge in [0.05, 0.1) is 10.8 Å². The SMILES string of the molecule is C=CCOC(=O)N1CCN(C(=O)/C=C/[C@@H]2C[C@H](SC(c3ccccc3)(c3ccccc3)c3ccccc3)CN2C(=O)OCC=C)CC1. The Bertz CT molecular complexity index is 1440. The number of thioether (sulfide) groups is 1. The van der Waals surface area contributed by atoms with Gasteiger partial charge in [-0.15, -0.1) is 11.8 Å². The molecule has 2 aliphatic rings. The number of ether oxygens (including phenoxy) is 2. The predicted octanol–water partition coefficient (Wildman–Crippen LogP) is 6.50. The van der Waals surface area contributed by atoms with Crippen molar-refractivity contribution in [3.8, 4) is 0 Å². The van der Waals surface area contributed by atoms with Gasteiger partial charge in [0.15, 0.2) is 0 Å². The van der Waals surface area contributed by atoms with E-state index < -0.39 is 16.9 Å². The van der Waals surface area contributed by atoms with Crippen LogP contribution in [0.5, 0.6) is 0 Å². The third-order valence-corrected chi connectivity index (χ3v) is 10.1. The molecular formula is C38H41N3O5S. The monoisotopic (exact) mass is 651 g/mol. The molecule has 0 unspecified atom stereocenters. The van der Waals surface area contributed by atoms with Gasteiger partial charge in [-0.2, -0.15) is 0 Å². The van der Waals surface area contributed by atoms with E-state index in [2.05, 4.69) is 86.0 Å². The van der Waals surface area contributed by atoms with Crippen LogP contribution in [0, 0.1) is 0 Å². The topological polar surface area (TPSA) is 79.4 Å². The van der Waals surface area contributed by atoms with E-state index in [4.69, 9.17) is 9.47 Å². The van der Waals surface area contributed by atoms with Crippen molar-refractivity contribution in [1.29, 1.82) is 0 Å². The number of likely N-dealkylation sites (tertiary alicyclic amines) is 1. The zero-order valence-electron chi connectivity index (χ0n) is 26.5. The van der Waals surface area contributed by atoms with Gasteiger partial charge >= 0.3 is 12.2 Å².